The fourth-order valence-electron chi connectivity index (χ4n) is 3.96. The van der Waals surface area contributed by atoms with E-state index >= 15 is 0 Å². The van der Waals surface area contributed by atoms with Gasteiger partial charge in [-0.3, -0.25) is 9.59 Å². The molecule has 2 aromatic heterocycles. The molecule has 2 fully saturated rings. The Morgan fingerprint density at radius 3 is 2.14 bits per heavy atom. The third-order valence-electron chi connectivity index (χ3n) is 5.80. The van der Waals surface area contributed by atoms with E-state index in [1.54, 1.807) is 4.68 Å². The zero-order chi connectivity index (χ0) is 20.7. The van der Waals surface area contributed by atoms with Gasteiger partial charge in [0.2, 0.25) is 11.8 Å². The lowest BCUT2D eigenvalue weighted by Gasteiger charge is -2.35. The summed E-state index contributed by atoms with van der Waals surface area (Å²) in [6.07, 6.45) is 2.34. The molecule has 1 saturated carbocycles. The van der Waals surface area contributed by atoms with Gasteiger partial charge in [0.1, 0.15) is 0 Å². The van der Waals surface area contributed by atoms with Crippen LogP contribution >= 0.6 is 0 Å². The first-order valence-electron chi connectivity index (χ1n) is 10.3. The number of amides is 2. The summed E-state index contributed by atoms with van der Waals surface area (Å²) in [6.45, 7) is 10.2. The van der Waals surface area contributed by atoms with Crippen LogP contribution in [0.4, 0.5) is 0 Å². The van der Waals surface area contributed by atoms with E-state index in [1.165, 1.54) is 0 Å². The Labute approximate surface area is 170 Å². The molecule has 2 aliphatic rings. The Hall–Kier alpha value is -2.77. The van der Waals surface area contributed by atoms with Crippen molar-refractivity contribution in [1.29, 1.82) is 0 Å². The normalized spacial score (nSPS) is 17.0. The summed E-state index contributed by atoms with van der Waals surface area (Å²) in [5, 5.41) is 4.59. The van der Waals surface area contributed by atoms with Gasteiger partial charge in [-0.25, -0.2) is 14.6 Å². The van der Waals surface area contributed by atoms with Crippen LogP contribution in [0, 0.1) is 33.6 Å². The average Bonchev–Trinajstić information content (AvgIpc) is 3.49. The summed E-state index contributed by atoms with van der Waals surface area (Å²) in [5.74, 6) is 1.11. The van der Waals surface area contributed by atoms with Crippen molar-refractivity contribution in [3.8, 4) is 5.95 Å². The van der Waals surface area contributed by atoms with E-state index in [0.29, 0.717) is 38.5 Å². The van der Waals surface area contributed by atoms with Gasteiger partial charge in [-0.1, -0.05) is 0 Å². The van der Waals surface area contributed by atoms with Crippen molar-refractivity contribution < 1.29 is 9.59 Å². The zero-order valence-electron chi connectivity index (χ0n) is 17.6. The first-order valence-corrected chi connectivity index (χ1v) is 10.3. The van der Waals surface area contributed by atoms with Crippen molar-refractivity contribution in [2.45, 2.75) is 47.0 Å². The molecule has 1 aliphatic heterocycles. The molecule has 0 atom stereocenters. The Bertz CT molecular complexity index is 934. The highest BCUT2D eigenvalue weighted by Crippen LogP contribution is 2.31. The summed E-state index contributed by atoms with van der Waals surface area (Å²) in [5.41, 5.74) is 4.41. The molecule has 4 rings (SSSR count). The maximum absolute atomic E-state index is 12.9. The van der Waals surface area contributed by atoms with Crippen molar-refractivity contribution in [2.75, 3.05) is 26.2 Å². The molecule has 2 aromatic rings. The molecule has 3 heterocycles. The van der Waals surface area contributed by atoms with Crippen LogP contribution < -0.4 is 0 Å². The number of piperazine rings is 1. The summed E-state index contributed by atoms with van der Waals surface area (Å²) in [4.78, 5) is 37.9. The summed E-state index contributed by atoms with van der Waals surface area (Å²) >= 11 is 0. The van der Waals surface area contributed by atoms with Gasteiger partial charge in [0.15, 0.2) is 0 Å². The van der Waals surface area contributed by atoms with Crippen molar-refractivity contribution in [2.24, 2.45) is 5.92 Å². The minimum absolute atomic E-state index is 0.0793. The molecule has 29 heavy (non-hydrogen) atoms. The largest absolute Gasteiger partial charge is 0.339 e. The molecule has 154 valence electrons. The van der Waals surface area contributed by atoms with Crippen LogP contribution in [0.15, 0.2) is 6.07 Å². The van der Waals surface area contributed by atoms with Crippen LogP contribution in [0.1, 0.15) is 41.2 Å². The van der Waals surface area contributed by atoms with Gasteiger partial charge in [0, 0.05) is 54.7 Å². The van der Waals surface area contributed by atoms with E-state index < -0.39 is 0 Å². The molecule has 0 N–H and O–H groups in total. The number of rotatable bonds is 4. The van der Waals surface area contributed by atoms with Crippen molar-refractivity contribution in [3.63, 3.8) is 0 Å². The summed E-state index contributed by atoms with van der Waals surface area (Å²) < 4.78 is 1.73. The van der Waals surface area contributed by atoms with Gasteiger partial charge in [0.05, 0.1) is 12.1 Å². The Balaban J connectivity index is 1.45. The van der Waals surface area contributed by atoms with Crippen LogP contribution in [-0.4, -0.2) is 67.5 Å². The number of hydrogen-bond donors (Lipinski definition) is 0. The first-order chi connectivity index (χ1) is 13.8. The summed E-state index contributed by atoms with van der Waals surface area (Å²) in [7, 11) is 0. The number of nitrogens with zero attached hydrogens (tertiary/aromatic N) is 6. The smallest absolute Gasteiger partial charge is 0.251 e. The third-order valence-corrected chi connectivity index (χ3v) is 5.80. The van der Waals surface area contributed by atoms with E-state index in [4.69, 9.17) is 0 Å². The molecular formula is C21H28N6O2. The predicted octanol–water partition coefficient (Wildman–Crippen LogP) is 1.52. The second kappa shape index (κ2) is 7.57. The predicted molar refractivity (Wildman–Crippen MR) is 108 cm³/mol. The van der Waals surface area contributed by atoms with Crippen molar-refractivity contribution >= 4 is 11.8 Å². The van der Waals surface area contributed by atoms with E-state index in [2.05, 4.69) is 15.1 Å². The minimum Gasteiger partial charge on any atom is -0.339 e. The lowest BCUT2D eigenvalue weighted by atomic mass is 10.1. The molecule has 2 amide bonds. The number of carbonyl (C=O) groups excluding carboxylic acids is 2. The van der Waals surface area contributed by atoms with Crippen molar-refractivity contribution in [1.82, 2.24) is 29.5 Å². The molecule has 0 aromatic carbocycles. The van der Waals surface area contributed by atoms with Gasteiger partial charge in [-0.15, -0.1) is 0 Å². The molecule has 0 bridgehead atoms. The quantitative estimate of drug-likeness (QED) is 0.782. The van der Waals surface area contributed by atoms with Crippen LogP contribution in [0.25, 0.3) is 5.95 Å². The molecule has 8 nitrogen and oxygen atoms in total. The zero-order valence-corrected chi connectivity index (χ0v) is 17.6. The lowest BCUT2D eigenvalue weighted by Crippen LogP contribution is -2.51. The summed E-state index contributed by atoms with van der Waals surface area (Å²) in [6, 6.07) is 1.92. The number of carbonyl (C=O) groups is 2. The molecule has 0 radical (unpaired) electrons. The lowest BCUT2D eigenvalue weighted by molar-refractivity contribution is -0.140. The number of hydrogen-bond acceptors (Lipinski definition) is 5. The molecule has 0 unspecified atom stereocenters. The van der Waals surface area contributed by atoms with Crippen LogP contribution in [0.2, 0.25) is 0 Å². The highest BCUT2D eigenvalue weighted by Gasteiger charge is 2.35. The van der Waals surface area contributed by atoms with Crippen LogP contribution in [0.3, 0.4) is 0 Å². The number of aryl methyl sites for hydroxylation is 3. The molecule has 0 spiro atoms. The second-order valence-corrected chi connectivity index (χ2v) is 8.17. The molecule has 1 aliphatic carbocycles. The first kappa shape index (κ1) is 19.5. The van der Waals surface area contributed by atoms with E-state index in [1.807, 2.05) is 43.6 Å². The highest BCUT2D eigenvalue weighted by molar-refractivity contribution is 5.82. The maximum Gasteiger partial charge on any atom is 0.251 e. The van der Waals surface area contributed by atoms with Gasteiger partial charge in [-0.2, -0.15) is 5.10 Å². The topological polar surface area (TPSA) is 84.2 Å². The Morgan fingerprint density at radius 2 is 1.55 bits per heavy atom. The fourth-order valence-corrected chi connectivity index (χ4v) is 3.96. The van der Waals surface area contributed by atoms with E-state index in [9.17, 15) is 9.59 Å². The monoisotopic (exact) mass is 396 g/mol. The second-order valence-electron chi connectivity index (χ2n) is 8.17. The number of aromatic nitrogens is 4. The van der Waals surface area contributed by atoms with Crippen LogP contribution in [-0.2, 0) is 16.0 Å². The van der Waals surface area contributed by atoms with Gasteiger partial charge in [0.25, 0.3) is 5.95 Å². The van der Waals surface area contributed by atoms with E-state index in [0.717, 1.165) is 41.2 Å². The van der Waals surface area contributed by atoms with E-state index in [-0.39, 0.29) is 17.7 Å². The maximum atomic E-state index is 12.9. The molecule has 1 saturated heterocycles. The van der Waals surface area contributed by atoms with Crippen LogP contribution in [0.5, 0.6) is 0 Å². The Morgan fingerprint density at radius 1 is 0.966 bits per heavy atom. The average molecular weight is 396 g/mol. The Kier molecular flexibility index (Phi) is 5.10. The minimum atomic E-state index is 0.0793. The van der Waals surface area contributed by atoms with Gasteiger partial charge < -0.3 is 9.80 Å². The SMILES string of the molecule is Cc1cc(C)nc(-n2nc(C)c(CC(=O)N3CCN(C(=O)C4CC4)CC3)c2C)n1. The van der Waals surface area contributed by atoms with Gasteiger partial charge in [-0.05, 0) is 46.6 Å². The fraction of sp³-hybridized carbons (Fsp3) is 0.571. The molecular weight excluding hydrogens is 368 g/mol. The highest BCUT2D eigenvalue weighted by atomic mass is 16.2. The molecule has 8 heteroatoms. The standard InChI is InChI=1S/C21H28N6O2/c1-13-11-14(2)23-21(22-13)27-16(4)18(15(3)24-27)12-19(28)25-7-9-26(10-8-25)20(29)17-5-6-17/h11,17H,5-10,12H2,1-4H3. The van der Waals surface area contributed by atoms with Crippen molar-refractivity contribution in [3.05, 3.63) is 34.4 Å². The third kappa shape index (κ3) is 4.02. The van der Waals surface area contributed by atoms with Gasteiger partial charge >= 0.3 is 0 Å².